The van der Waals surface area contributed by atoms with Gasteiger partial charge < -0.3 is 5.73 Å². The van der Waals surface area contributed by atoms with Gasteiger partial charge >= 0.3 is 0 Å². The van der Waals surface area contributed by atoms with Gasteiger partial charge in [-0.25, -0.2) is 18.1 Å². The number of benzene rings is 1. The summed E-state index contributed by atoms with van der Waals surface area (Å²) in [4.78, 5) is 4.31. The zero-order valence-electron chi connectivity index (χ0n) is 10.8. The highest BCUT2D eigenvalue weighted by atomic mass is 35.5. The summed E-state index contributed by atoms with van der Waals surface area (Å²) in [6, 6.07) is 4.31. The standard InChI is InChI=1S/C12H14ClN3O2S2/c1-8-16-10(7-19-8)4-5-15-20(17,18)12-3-2-9(13)6-11(12)14/h2-3,6-7,15H,4-5,14H2,1H3. The SMILES string of the molecule is Cc1nc(CCNS(=O)(=O)c2ccc(Cl)cc2N)cs1. The summed E-state index contributed by atoms with van der Waals surface area (Å²) >= 11 is 7.29. The fourth-order valence-electron chi connectivity index (χ4n) is 1.68. The van der Waals surface area contributed by atoms with Gasteiger partial charge in [0.05, 0.1) is 16.4 Å². The Hall–Kier alpha value is -1.15. The van der Waals surface area contributed by atoms with Crippen LogP contribution >= 0.6 is 22.9 Å². The Bertz CT molecular complexity index is 713. The minimum absolute atomic E-state index is 0.0383. The zero-order valence-corrected chi connectivity index (χ0v) is 13.1. The van der Waals surface area contributed by atoms with E-state index in [1.54, 1.807) is 0 Å². The van der Waals surface area contributed by atoms with E-state index in [0.29, 0.717) is 11.4 Å². The monoisotopic (exact) mass is 331 g/mol. The van der Waals surface area contributed by atoms with Crippen molar-refractivity contribution in [3.63, 3.8) is 0 Å². The highest BCUT2D eigenvalue weighted by Gasteiger charge is 2.17. The van der Waals surface area contributed by atoms with E-state index >= 15 is 0 Å². The van der Waals surface area contributed by atoms with E-state index in [-0.39, 0.29) is 17.1 Å². The number of thiazole rings is 1. The van der Waals surface area contributed by atoms with E-state index < -0.39 is 10.0 Å². The number of aryl methyl sites for hydroxylation is 1. The van der Waals surface area contributed by atoms with Crippen molar-refractivity contribution in [1.82, 2.24) is 9.71 Å². The largest absolute Gasteiger partial charge is 0.398 e. The number of halogens is 1. The minimum Gasteiger partial charge on any atom is -0.398 e. The molecule has 5 nitrogen and oxygen atoms in total. The van der Waals surface area contributed by atoms with E-state index in [4.69, 9.17) is 17.3 Å². The summed E-state index contributed by atoms with van der Waals surface area (Å²) in [7, 11) is -3.63. The van der Waals surface area contributed by atoms with Crippen LogP contribution in [-0.4, -0.2) is 19.9 Å². The number of hydrogen-bond acceptors (Lipinski definition) is 5. The second kappa shape index (κ2) is 6.09. The molecule has 2 rings (SSSR count). The second-order valence-corrected chi connectivity index (χ2v) is 7.42. The smallest absolute Gasteiger partial charge is 0.242 e. The molecule has 0 aliphatic rings. The number of anilines is 1. The van der Waals surface area contributed by atoms with Gasteiger partial charge in [-0.1, -0.05) is 11.6 Å². The van der Waals surface area contributed by atoms with Gasteiger partial charge in [0.1, 0.15) is 4.90 Å². The lowest BCUT2D eigenvalue weighted by atomic mass is 10.3. The molecule has 0 spiro atoms. The molecule has 20 heavy (non-hydrogen) atoms. The van der Waals surface area contributed by atoms with Gasteiger partial charge in [-0.2, -0.15) is 0 Å². The number of nitrogens with two attached hydrogens (primary N) is 1. The predicted molar refractivity (Wildman–Crippen MR) is 81.6 cm³/mol. The van der Waals surface area contributed by atoms with E-state index in [0.717, 1.165) is 10.7 Å². The molecule has 108 valence electrons. The molecule has 2 aromatic rings. The number of aromatic nitrogens is 1. The van der Waals surface area contributed by atoms with Crippen molar-refractivity contribution in [3.05, 3.63) is 39.3 Å². The lowest BCUT2D eigenvalue weighted by Gasteiger charge is -2.08. The molecular formula is C12H14ClN3O2S2. The van der Waals surface area contributed by atoms with Crippen LogP contribution in [0.1, 0.15) is 10.7 Å². The summed E-state index contributed by atoms with van der Waals surface area (Å²) in [5.41, 5.74) is 6.69. The molecule has 0 saturated heterocycles. The normalized spacial score (nSPS) is 11.7. The van der Waals surface area contributed by atoms with E-state index in [2.05, 4.69) is 9.71 Å². The molecule has 1 aromatic heterocycles. The fraction of sp³-hybridized carbons (Fsp3) is 0.250. The Labute approximate surface area is 126 Å². The number of nitrogens with one attached hydrogen (secondary N) is 1. The van der Waals surface area contributed by atoms with E-state index in [1.807, 2.05) is 12.3 Å². The first-order valence-corrected chi connectivity index (χ1v) is 8.58. The van der Waals surface area contributed by atoms with E-state index in [1.165, 1.54) is 29.5 Å². The molecule has 0 aliphatic heterocycles. The molecule has 0 aliphatic carbocycles. The minimum atomic E-state index is -3.63. The van der Waals surface area contributed by atoms with Crippen molar-refractivity contribution in [1.29, 1.82) is 0 Å². The molecule has 1 aromatic carbocycles. The molecule has 0 saturated carbocycles. The van der Waals surface area contributed by atoms with Crippen LogP contribution in [0.25, 0.3) is 0 Å². The van der Waals surface area contributed by atoms with Crippen LogP contribution in [0.2, 0.25) is 5.02 Å². The second-order valence-electron chi connectivity index (χ2n) is 4.19. The summed E-state index contributed by atoms with van der Waals surface area (Å²) < 4.78 is 26.7. The third kappa shape index (κ3) is 3.69. The first-order valence-electron chi connectivity index (χ1n) is 5.84. The molecule has 8 heteroatoms. The van der Waals surface area contributed by atoms with Crippen LogP contribution < -0.4 is 10.5 Å². The molecular weight excluding hydrogens is 318 g/mol. The first-order chi connectivity index (χ1) is 9.38. The van der Waals surface area contributed by atoms with Gasteiger partial charge in [0.2, 0.25) is 10.0 Å². The topological polar surface area (TPSA) is 85.1 Å². The van der Waals surface area contributed by atoms with Crippen LogP contribution in [0.4, 0.5) is 5.69 Å². The molecule has 0 unspecified atom stereocenters. The number of rotatable bonds is 5. The van der Waals surface area contributed by atoms with Gasteiger partial charge in [-0.3, -0.25) is 0 Å². The van der Waals surface area contributed by atoms with Crippen molar-refractivity contribution >= 4 is 38.6 Å². The van der Waals surface area contributed by atoms with Gasteiger partial charge in [0.25, 0.3) is 0 Å². The van der Waals surface area contributed by atoms with Crippen LogP contribution in [-0.2, 0) is 16.4 Å². The summed E-state index contributed by atoms with van der Waals surface area (Å²) in [5.74, 6) is 0. The number of hydrogen-bond donors (Lipinski definition) is 2. The average molecular weight is 332 g/mol. The Morgan fingerprint density at radius 3 is 2.80 bits per heavy atom. The Kier molecular flexibility index (Phi) is 4.64. The fourth-order valence-corrected chi connectivity index (χ4v) is 3.65. The Morgan fingerprint density at radius 1 is 1.45 bits per heavy atom. The quantitative estimate of drug-likeness (QED) is 0.822. The zero-order chi connectivity index (χ0) is 14.8. The van der Waals surface area contributed by atoms with Gasteiger partial charge in [0, 0.05) is 23.4 Å². The average Bonchev–Trinajstić information content (AvgIpc) is 2.74. The van der Waals surface area contributed by atoms with Crippen molar-refractivity contribution in [3.8, 4) is 0 Å². The Morgan fingerprint density at radius 2 is 2.20 bits per heavy atom. The maximum Gasteiger partial charge on any atom is 0.242 e. The molecule has 0 radical (unpaired) electrons. The number of nitrogen functional groups attached to an aromatic ring is 1. The molecule has 0 bridgehead atoms. The molecule has 3 N–H and O–H groups in total. The van der Waals surface area contributed by atoms with Crippen molar-refractivity contribution in [2.24, 2.45) is 0 Å². The lowest BCUT2D eigenvalue weighted by molar-refractivity contribution is 0.582. The summed E-state index contributed by atoms with van der Waals surface area (Å²) in [5, 5.41) is 3.28. The third-order valence-corrected chi connectivity index (χ3v) is 5.19. The first kappa shape index (κ1) is 15.2. The number of nitrogens with zero attached hydrogens (tertiary/aromatic N) is 1. The molecule has 0 atom stereocenters. The maximum atomic E-state index is 12.1. The molecule has 0 amide bonds. The Balaban J connectivity index is 2.04. The van der Waals surface area contributed by atoms with Gasteiger partial charge in [-0.05, 0) is 25.1 Å². The highest BCUT2D eigenvalue weighted by molar-refractivity contribution is 7.89. The van der Waals surface area contributed by atoms with Crippen LogP contribution in [0.3, 0.4) is 0 Å². The van der Waals surface area contributed by atoms with Crippen LogP contribution in [0.5, 0.6) is 0 Å². The summed E-state index contributed by atoms with van der Waals surface area (Å²) in [6.07, 6.45) is 0.539. The maximum absolute atomic E-state index is 12.1. The predicted octanol–water partition coefficient (Wildman–Crippen LogP) is 2.21. The highest BCUT2D eigenvalue weighted by Crippen LogP contribution is 2.22. The van der Waals surface area contributed by atoms with Crippen molar-refractivity contribution < 1.29 is 8.42 Å². The number of sulfonamides is 1. The van der Waals surface area contributed by atoms with Crippen LogP contribution in [0.15, 0.2) is 28.5 Å². The van der Waals surface area contributed by atoms with Crippen LogP contribution in [0, 0.1) is 6.92 Å². The van der Waals surface area contributed by atoms with Crippen molar-refractivity contribution in [2.45, 2.75) is 18.2 Å². The van der Waals surface area contributed by atoms with Crippen molar-refractivity contribution in [2.75, 3.05) is 12.3 Å². The molecule has 1 heterocycles. The molecule has 0 fully saturated rings. The lowest BCUT2D eigenvalue weighted by Crippen LogP contribution is -2.26. The van der Waals surface area contributed by atoms with E-state index in [9.17, 15) is 8.42 Å². The summed E-state index contributed by atoms with van der Waals surface area (Å²) in [6.45, 7) is 2.18. The van der Waals surface area contributed by atoms with Gasteiger partial charge in [0.15, 0.2) is 0 Å². The van der Waals surface area contributed by atoms with Gasteiger partial charge in [-0.15, -0.1) is 11.3 Å². The third-order valence-electron chi connectivity index (χ3n) is 2.60.